The zero-order valence-electron chi connectivity index (χ0n) is 10.6. The van der Waals surface area contributed by atoms with E-state index in [-0.39, 0.29) is 0 Å². The molecule has 0 spiro atoms. The topological polar surface area (TPSA) is 12.4 Å². The number of benzene rings is 2. The Hall–Kier alpha value is -1.89. The van der Waals surface area contributed by atoms with Crippen molar-refractivity contribution < 1.29 is 0 Å². The third kappa shape index (κ3) is 2.21. The maximum absolute atomic E-state index is 4.68. The fraction of sp³-hybridized carbons (Fsp3) is 0.235. The van der Waals surface area contributed by atoms with E-state index in [1.54, 1.807) is 0 Å². The maximum atomic E-state index is 4.68. The van der Waals surface area contributed by atoms with E-state index in [0.717, 1.165) is 6.42 Å². The normalized spacial score (nSPS) is 18.7. The van der Waals surface area contributed by atoms with Crippen LogP contribution in [-0.4, -0.2) is 11.8 Å². The molecule has 0 N–H and O–H groups in total. The molecule has 0 aromatic heterocycles. The highest BCUT2D eigenvalue weighted by Gasteiger charge is 2.14. The van der Waals surface area contributed by atoms with E-state index in [1.807, 2.05) is 6.07 Å². The number of rotatable bonds is 2. The predicted molar refractivity (Wildman–Crippen MR) is 77.1 cm³/mol. The van der Waals surface area contributed by atoms with Crippen LogP contribution in [0.4, 0.5) is 0 Å². The van der Waals surface area contributed by atoms with Gasteiger partial charge in [0, 0.05) is 11.8 Å². The summed E-state index contributed by atoms with van der Waals surface area (Å²) >= 11 is 0. The van der Waals surface area contributed by atoms with Crippen molar-refractivity contribution in [3.05, 3.63) is 60.2 Å². The van der Waals surface area contributed by atoms with Crippen molar-refractivity contribution in [2.45, 2.75) is 25.8 Å². The van der Waals surface area contributed by atoms with Gasteiger partial charge in [0.15, 0.2) is 0 Å². The van der Waals surface area contributed by atoms with Crippen LogP contribution in [0.1, 0.15) is 25.3 Å². The standard InChI is InChI=1S/C17H17N/c1-13-7-12-17(18-13)16-10-8-15(9-11-16)14-5-3-2-4-6-14/h2-6,8-11,13H,7,12H2,1H3. The maximum Gasteiger partial charge on any atom is 0.0478 e. The second-order valence-electron chi connectivity index (χ2n) is 4.91. The molecule has 1 atom stereocenters. The summed E-state index contributed by atoms with van der Waals surface area (Å²) in [5.74, 6) is 0. The van der Waals surface area contributed by atoms with Gasteiger partial charge in [0.05, 0.1) is 0 Å². The number of hydrogen-bond acceptors (Lipinski definition) is 1. The Balaban J connectivity index is 1.88. The monoisotopic (exact) mass is 235 g/mol. The van der Waals surface area contributed by atoms with Gasteiger partial charge in [-0.3, -0.25) is 4.99 Å². The van der Waals surface area contributed by atoms with E-state index in [2.05, 4.69) is 60.4 Å². The van der Waals surface area contributed by atoms with Crippen LogP contribution in [0.3, 0.4) is 0 Å². The molecule has 1 heteroatoms. The molecule has 0 aliphatic carbocycles. The largest absolute Gasteiger partial charge is 0.286 e. The Morgan fingerprint density at radius 2 is 1.44 bits per heavy atom. The molecule has 2 aromatic carbocycles. The molecule has 3 rings (SSSR count). The SMILES string of the molecule is CC1CCC(c2ccc(-c3ccccc3)cc2)=N1. The molecule has 1 aliphatic heterocycles. The minimum atomic E-state index is 0.494. The van der Waals surface area contributed by atoms with E-state index in [9.17, 15) is 0 Å². The van der Waals surface area contributed by atoms with Crippen LogP contribution in [0.2, 0.25) is 0 Å². The summed E-state index contributed by atoms with van der Waals surface area (Å²) in [5.41, 5.74) is 5.08. The lowest BCUT2D eigenvalue weighted by molar-refractivity contribution is 0.739. The zero-order chi connectivity index (χ0) is 12.4. The van der Waals surface area contributed by atoms with Gasteiger partial charge in [-0.1, -0.05) is 54.6 Å². The summed E-state index contributed by atoms with van der Waals surface area (Å²) in [5, 5.41) is 0. The van der Waals surface area contributed by atoms with E-state index < -0.39 is 0 Å². The molecule has 0 saturated heterocycles. The molecule has 0 fully saturated rings. The van der Waals surface area contributed by atoms with Crippen molar-refractivity contribution in [2.75, 3.05) is 0 Å². The van der Waals surface area contributed by atoms with Gasteiger partial charge >= 0.3 is 0 Å². The van der Waals surface area contributed by atoms with Crippen LogP contribution in [0.25, 0.3) is 11.1 Å². The van der Waals surface area contributed by atoms with E-state index in [0.29, 0.717) is 6.04 Å². The van der Waals surface area contributed by atoms with Gasteiger partial charge < -0.3 is 0 Å². The first kappa shape index (κ1) is 11.2. The van der Waals surface area contributed by atoms with Crippen LogP contribution in [0, 0.1) is 0 Å². The van der Waals surface area contributed by atoms with Crippen molar-refractivity contribution in [2.24, 2.45) is 4.99 Å². The average molecular weight is 235 g/mol. The summed E-state index contributed by atoms with van der Waals surface area (Å²) in [4.78, 5) is 4.68. The Morgan fingerprint density at radius 3 is 2.06 bits per heavy atom. The van der Waals surface area contributed by atoms with Gasteiger partial charge in [-0.2, -0.15) is 0 Å². The summed E-state index contributed by atoms with van der Waals surface area (Å²) in [6, 6.07) is 19.7. The molecule has 1 unspecified atom stereocenters. The summed E-state index contributed by atoms with van der Waals surface area (Å²) in [6.45, 7) is 2.19. The summed E-state index contributed by atoms with van der Waals surface area (Å²) in [7, 11) is 0. The molecule has 0 saturated carbocycles. The van der Waals surface area contributed by atoms with E-state index >= 15 is 0 Å². The molecule has 0 amide bonds. The quantitative estimate of drug-likeness (QED) is 0.735. The molecule has 2 aromatic rings. The van der Waals surface area contributed by atoms with Crippen LogP contribution >= 0.6 is 0 Å². The first-order valence-corrected chi connectivity index (χ1v) is 6.55. The smallest absolute Gasteiger partial charge is 0.0478 e. The highest BCUT2D eigenvalue weighted by Crippen LogP contribution is 2.22. The molecule has 1 heterocycles. The molecular weight excluding hydrogens is 218 g/mol. The lowest BCUT2D eigenvalue weighted by Gasteiger charge is -2.04. The van der Waals surface area contributed by atoms with Gasteiger partial charge in [0.2, 0.25) is 0 Å². The van der Waals surface area contributed by atoms with Gasteiger partial charge in [-0.15, -0.1) is 0 Å². The Morgan fingerprint density at radius 1 is 0.833 bits per heavy atom. The number of nitrogens with zero attached hydrogens (tertiary/aromatic N) is 1. The minimum Gasteiger partial charge on any atom is -0.286 e. The molecule has 0 radical (unpaired) electrons. The van der Waals surface area contributed by atoms with Crippen molar-refractivity contribution in [3.8, 4) is 11.1 Å². The number of hydrogen-bond donors (Lipinski definition) is 0. The summed E-state index contributed by atoms with van der Waals surface area (Å²) in [6.07, 6.45) is 2.31. The van der Waals surface area contributed by atoms with Crippen LogP contribution in [-0.2, 0) is 0 Å². The second kappa shape index (κ2) is 4.77. The van der Waals surface area contributed by atoms with Gasteiger partial charge in [0.25, 0.3) is 0 Å². The van der Waals surface area contributed by atoms with Crippen molar-refractivity contribution >= 4 is 5.71 Å². The Bertz CT molecular complexity index is 552. The molecule has 18 heavy (non-hydrogen) atoms. The second-order valence-corrected chi connectivity index (χ2v) is 4.91. The molecular formula is C17H17N. The lowest BCUT2D eigenvalue weighted by Crippen LogP contribution is -1.95. The minimum absolute atomic E-state index is 0.494. The van der Waals surface area contributed by atoms with Gasteiger partial charge in [-0.25, -0.2) is 0 Å². The highest BCUT2D eigenvalue weighted by atomic mass is 14.8. The van der Waals surface area contributed by atoms with Crippen LogP contribution in [0.15, 0.2) is 59.6 Å². The Kier molecular flexibility index (Phi) is 2.97. The fourth-order valence-electron chi connectivity index (χ4n) is 2.45. The van der Waals surface area contributed by atoms with Crippen LogP contribution < -0.4 is 0 Å². The van der Waals surface area contributed by atoms with Crippen LogP contribution in [0.5, 0.6) is 0 Å². The third-order valence-corrected chi connectivity index (χ3v) is 3.50. The van der Waals surface area contributed by atoms with Gasteiger partial charge in [-0.05, 0) is 36.5 Å². The zero-order valence-corrected chi connectivity index (χ0v) is 10.6. The Labute approximate surface area is 108 Å². The first-order valence-electron chi connectivity index (χ1n) is 6.55. The van der Waals surface area contributed by atoms with Crippen molar-refractivity contribution in [1.82, 2.24) is 0 Å². The average Bonchev–Trinajstić information content (AvgIpc) is 2.87. The van der Waals surface area contributed by atoms with E-state index in [4.69, 9.17) is 0 Å². The number of aliphatic imine (C=N–C) groups is 1. The predicted octanol–water partition coefficient (Wildman–Crippen LogP) is 4.33. The van der Waals surface area contributed by atoms with Crippen molar-refractivity contribution in [1.29, 1.82) is 0 Å². The molecule has 1 aliphatic rings. The first-order chi connectivity index (χ1) is 8.83. The highest BCUT2D eigenvalue weighted by molar-refractivity contribution is 6.02. The molecule has 90 valence electrons. The molecule has 0 bridgehead atoms. The summed E-state index contributed by atoms with van der Waals surface area (Å²) < 4.78 is 0. The van der Waals surface area contributed by atoms with Crippen molar-refractivity contribution in [3.63, 3.8) is 0 Å². The third-order valence-electron chi connectivity index (χ3n) is 3.50. The molecule has 1 nitrogen and oxygen atoms in total. The fourth-order valence-corrected chi connectivity index (χ4v) is 2.45. The lowest BCUT2D eigenvalue weighted by atomic mass is 10.0. The van der Waals surface area contributed by atoms with E-state index in [1.165, 1.54) is 28.8 Å². The van der Waals surface area contributed by atoms with Gasteiger partial charge in [0.1, 0.15) is 0 Å².